The van der Waals surface area contributed by atoms with E-state index >= 15 is 0 Å². The Labute approximate surface area is 148 Å². The van der Waals surface area contributed by atoms with Crippen LogP contribution >= 0.6 is 0 Å². The normalized spacial score (nSPS) is 18.4. The number of aromatic amines is 1. The number of rotatable bonds is 3. The number of likely N-dealkylation sites (tertiary alicyclic amines) is 1. The highest BCUT2D eigenvalue weighted by atomic mass is 16.2. The molecule has 0 spiro atoms. The fourth-order valence-corrected chi connectivity index (χ4v) is 3.71. The number of urea groups is 1. The van der Waals surface area contributed by atoms with Crippen LogP contribution in [0.1, 0.15) is 68.6 Å². The predicted octanol–water partition coefficient (Wildman–Crippen LogP) is 3.95. The van der Waals surface area contributed by atoms with E-state index in [-0.39, 0.29) is 18.1 Å². The summed E-state index contributed by atoms with van der Waals surface area (Å²) >= 11 is 0. The molecule has 2 aromatic rings. The highest BCUT2D eigenvalue weighted by Gasteiger charge is 2.30. The van der Waals surface area contributed by atoms with Crippen molar-refractivity contribution >= 4 is 11.8 Å². The van der Waals surface area contributed by atoms with Gasteiger partial charge in [0.2, 0.25) is 0 Å². The van der Waals surface area contributed by atoms with Crippen molar-refractivity contribution in [3.8, 4) is 0 Å². The summed E-state index contributed by atoms with van der Waals surface area (Å²) in [6.07, 6.45) is 6.00. The van der Waals surface area contributed by atoms with Crippen molar-refractivity contribution in [2.75, 3.05) is 11.9 Å². The van der Waals surface area contributed by atoms with E-state index in [0.717, 1.165) is 55.0 Å². The Morgan fingerprint density at radius 1 is 1.32 bits per heavy atom. The third kappa shape index (κ3) is 3.55. The Morgan fingerprint density at radius 2 is 2.12 bits per heavy atom. The molecule has 1 fully saturated rings. The van der Waals surface area contributed by atoms with Crippen molar-refractivity contribution in [1.82, 2.24) is 24.9 Å². The van der Waals surface area contributed by atoms with Crippen LogP contribution in [0.15, 0.2) is 12.3 Å². The van der Waals surface area contributed by atoms with Gasteiger partial charge in [-0.15, -0.1) is 0 Å². The van der Waals surface area contributed by atoms with Crippen LogP contribution in [-0.4, -0.2) is 37.5 Å². The average Bonchev–Trinajstić information content (AvgIpc) is 3.07. The number of anilines is 1. The maximum absolute atomic E-state index is 13.1. The molecule has 3 heterocycles. The van der Waals surface area contributed by atoms with E-state index in [1.807, 2.05) is 29.5 Å². The Kier molecular flexibility index (Phi) is 5.11. The first-order valence-corrected chi connectivity index (χ1v) is 9.11. The molecule has 0 aromatic carbocycles. The van der Waals surface area contributed by atoms with Crippen molar-refractivity contribution < 1.29 is 4.79 Å². The van der Waals surface area contributed by atoms with Crippen molar-refractivity contribution in [2.45, 2.75) is 65.5 Å². The van der Waals surface area contributed by atoms with Crippen molar-refractivity contribution in [2.24, 2.45) is 0 Å². The Hall–Kier alpha value is -2.31. The molecule has 7 nitrogen and oxygen atoms in total. The molecule has 2 aromatic heterocycles. The average molecular weight is 344 g/mol. The summed E-state index contributed by atoms with van der Waals surface area (Å²) in [4.78, 5) is 15.0. The lowest BCUT2D eigenvalue weighted by Crippen LogP contribution is -2.39. The summed E-state index contributed by atoms with van der Waals surface area (Å²) in [5, 5.41) is 14.7. The van der Waals surface area contributed by atoms with Crippen LogP contribution in [0, 0.1) is 13.8 Å². The number of aryl methyl sites for hydroxylation is 2. The largest absolute Gasteiger partial charge is 0.323 e. The number of hydrogen-bond acceptors (Lipinski definition) is 3. The molecule has 0 radical (unpaired) electrons. The zero-order chi connectivity index (χ0) is 18.0. The minimum absolute atomic E-state index is 0.0608. The van der Waals surface area contributed by atoms with E-state index < -0.39 is 0 Å². The highest BCUT2D eigenvalue weighted by Crippen LogP contribution is 2.33. The van der Waals surface area contributed by atoms with Gasteiger partial charge in [0.15, 0.2) is 0 Å². The van der Waals surface area contributed by atoms with Crippen molar-refractivity contribution in [3.63, 3.8) is 0 Å². The van der Waals surface area contributed by atoms with Crippen LogP contribution in [0.4, 0.5) is 10.6 Å². The van der Waals surface area contributed by atoms with Crippen molar-refractivity contribution in [3.05, 3.63) is 29.2 Å². The minimum Gasteiger partial charge on any atom is -0.317 e. The van der Waals surface area contributed by atoms with Gasteiger partial charge >= 0.3 is 6.03 Å². The third-order valence-electron chi connectivity index (χ3n) is 4.93. The molecule has 0 bridgehead atoms. The van der Waals surface area contributed by atoms with Gasteiger partial charge in [0.1, 0.15) is 5.82 Å². The van der Waals surface area contributed by atoms with E-state index in [1.165, 1.54) is 0 Å². The number of nitrogens with zero attached hydrogens (tertiary/aromatic N) is 4. The van der Waals surface area contributed by atoms with Crippen LogP contribution in [0.25, 0.3) is 0 Å². The number of carbonyl (C=O) groups excluding carboxylic acids is 1. The van der Waals surface area contributed by atoms with Gasteiger partial charge in [-0.05, 0) is 40.5 Å². The smallest absolute Gasteiger partial charge is 0.317 e. The zero-order valence-electron chi connectivity index (χ0n) is 15.5. The van der Waals surface area contributed by atoms with Crippen molar-refractivity contribution in [1.29, 1.82) is 0 Å². The first kappa shape index (κ1) is 17.5. The molecule has 136 valence electrons. The molecule has 1 aliphatic heterocycles. The second-order valence-electron chi connectivity index (χ2n) is 7.09. The first-order chi connectivity index (χ1) is 12.0. The molecule has 0 aliphatic carbocycles. The number of carbonyl (C=O) groups is 1. The summed E-state index contributed by atoms with van der Waals surface area (Å²) in [6, 6.07) is 2.05. The molecule has 2 amide bonds. The molecule has 25 heavy (non-hydrogen) atoms. The highest BCUT2D eigenvalue weighted by molar-refractivity contribution is 5.88. The quantitative estimate of drug-likeness (QED) is 0.885. The van der Waals surface area contributed by atoms with Crippen LogP contribution in [0.3, 0.4) is 0 Å². The van der Waals surface area contributed by atoms with E-state index in [0.29, 0.717) is 0 Å². The number of nitrogens with one attached hydrogen (secondary N) is 2. The zero-order valence-corrected chi connectivity index (χ0v) is 15.5. The molecule has 3 rings (SSSR count). The molecule has 0 saturated carbocycles. The van der Waals surface area contributed by atoms with Gasteiger partial charge in [0.05, 0.1) is 17.9 Å². The lowest BCUT2D eigenvalue weighted by Gasteiger charge is -2.31. The maximum atomic E-state index is 13.1. The van der Waals surface area contributed by atoms with Gasteiger partial charge in [-0.1, -0.05) is 12.8 Å². The third-order valence-corrected chi connectivity index (χ3v) is 4.93. The second kappa shape index (κ2) is 7.29. The predicted molar refractivity (Wildman–Crippen MR) is 97.6 cm³/mol. The van der Waals surface area contributed by atoms with E-state index in [4.69, 9.17) is 0 Å². The standard InChI is InChI=1S/C18H28N6O/c1-12(2)24-16(9-10-19-24)20-18(25)23-11-7-5-6-8-15(23)17-13(3)21-22-14(17)4/h9-10,12,15H,5-8,11H2,1-4H3,(H,20,25)(H,21,22)/t15-/m1/s1. The van der Waals surface area contributed by atoms with Crippen LogP contribution in [0.5, 0.6) is 0 Å². The summed E-state index contributed by atoms with van der Waals surface area (Å²) in [6.45, 7) is 8.90. The van der Waals surface area contributed by atoms with Crippen LogP contribution in [-0.2, 0) is 0 Å². The molecule has 1 aliphatic rings. The van der Waals surface area contributed by atoms with E-state index in [2.05, 4.69) is 34.5 Å². The Morgan fingerprint density at radius 3 is 2.80 bits per heavy atom. The van der Waals surface area contributed by atoms with Gasteiger partial charge in [0.25, 0.3) is 0 Å². The molecule has 7 heteroatoms. The van der Waals surface area contributed by atoms with Gasteiger partial charge < -0.3 is 4.90 Å². The van der Waals surface area contributed by atoms with Crippen LogP contribution < -0.4 is 5.32 Å². The van der Waals surface area contributed by atoms with Gasteiger partial charge in [0, 0.05) is 29.9 Å². The lowest BCUT2D eigenvalue weighted by atomic mass is 9.99. The fourth-order valence-electron chi connectivity index (χ4n) is 3.71. The maximum Gasteiger partial charge on any atom is 0.323 e. The topological polar surface area (TPSA) is 78.8 Å². The van der Waals surface area contributed by atoms with Gasteiger partial charge in [-0.3, -0.25) is 10.4 Å². The minimum atomic E-state index is -0.0608. The second-order valence-corrected chi connectivity index (χ2v) is 7.09. The number of H-pyrrole nitrogens is 1. The monoisotopic (exact) mass is 344 g/mol. The molecule has 2 N–H and O–H groups in total. The molecule has 0 unspecified atom stereocenters. The Bertz CT molecular complexity index is 712. The number of aromatic nitrogens is 4. The number of amides is 2. The molecular formula is C18H28N6O. The van der Waals surface area contributed by atoms with Gasteiger partial charge in [-0.2, -0.15) is 10.2 Å². The summed E-state index contributed by atoms with van der Waals surface area (Å²) in [7, 11) is 0. The van der Waals surface area contributed by atoms with E-state index in [9.17, 15) is 4.79 Å². The van der Waals surface area contributed by atoms with E-state index in [1.54, 1.807) is 6.20 Å². The Balaban J connectivity index is 1.86. The summed E-state index contributed by atoms with van der Waals surface area (Å²) in [5.41, 5.74) is 3.19. The summed E-state index contributed by atoms with van der Waals surface area (Å²) < 4.78 is 1.83. The molecular weight excluding hydrogens is 316 g/mol. The first-order valence-electron chi connectivity index (χ1n) is 9.11. The lowest BCUT2D eigenvalue weighted by molar-refractivity contribution is 0.189. The molecule has 1 saturated heterocycles. The van der Waals surface area contributed by atoms with Crippen LogP contribution in [0.2, 0.25) is 0 Å². The fraction of sp³-hybridized carbons (Fsp3) is 0.611. The van der Waals surface area contributed by atoms with Gasteiger partial charge in [-0.25, -0.2) is 9.48 Å². The molecule has 1 atom stereocenters. The summed E-state index contributed by atoms with van der Waals surface area (Å²) in [5.74, 6) is 0.739. The SMILES string of the molecule is Cc1n[nH]c(C)c1[C@H]1CCCCCN1C(=O)Nc1ccnn1C(C)C. The number of hydrogen-bond donors (Lipinski definition) is 2.